The summed E-state index contributed by atoms with van der Waals surface area (Å²) in [5, 5.41) is 9.61. The van der Waals surface area contributed by atoms with Crippen molar-refractivity contribution < 1.29 is 0 Å². The summed E-state index contributed by atoms with van der Waals surface area (Å²) in [6, 6.07) is 0.0948. The van der Waals surface area contributed by atoms with Crippen molar-refractivity contribution in [2.45, 2.75) is 19.9 Å². The number of rotatable bonds is 5. The molecule has 0 aliphatic heterocycles. The summed E-state index contributed by atoms with van der Waals surface area (Å²) in [5.74, 6) is 0. The topological polar surface area (TPSA) is 28.0 Å². The second-order valence-electron chi connectivity index (χ2n) is 2.17. The summed E-state index contributed by atoms with van der Waals surface area (Å²) in [6.07, 6.45) is 6.65. The van der Waals surface area contributed by atoms with Crippen LogP contribution in [0.3, 0.4) is 0 Å². The fourth-order valence-electron chi connectivity index (χ4n) is 0.568. The van der Waals surface area contributed by atoms with Gasteiger partial charge >= 0.3 is 0 Å². The summed E-state index contributed by atoms with van der Waals surface area (Å²) >= 11 is 0. The van der Waals surface area contributed by atoms with E-state index in [0.717, 1.165) is 0 Å². The zero-order valence-electron chi connectivity index (χ0n) is 7.64. The lowest BCUT2D eigenvalue weighted by molar-refractivity contribution is 0.270. The minimum atomic E-state index is 0.0948. The standard InChI is InChI=1S/C9H15N3/c1-5-8-11-12(10-7-3)9(4)6-2/h5-9H,1-2H2,3-4H3/b10-7-,11-8-. The molecule has 0 rings (SSSR count). The van der Waals surface area contributed by atoms with E-state index in [0.29, 0.717) is 0 Å². The largest absolute Gasteiger partial charge is 0.179 e. The van der Waals surface area contributed by atoms with Crippen molar-refractivity contribution in [1.29, 1.82) is 0 Å². The van der Waals surface area contributed by atoms with Crippen molar-refractivity contribution in [1.82, 2.24) is 5.12 Å². The third-order valence-electron chi connectivity index (χ3n) is 1.23. The van der Waals surface area contributed by atoms with E-state index in [-0.39, 0.29) is 6.04 Å². The molecule has 12 heavy (non-hydrogen) atoms. The van der Waals surface area contributed by atoms with Gasteiger partial charge in [-0.3, -0.25) is 0 Å². The molecule has 0 saturated carbocycles. The number of hydrogen-bond acceptors (Lipinski definition) is 3. The van der Waals surface area contributed by atoms with Gasteiger partial charge in [0.25, 0.3) is 0 Å². The Morgan fingerprint density at radius 2 is 2.00 bits per heavy atom. The maximum Gasteiger partial charge on any atom is 0.0865 e. The van der Waals surface area contributed by atoms with E-state index in [9.17, 15) is 0 Å². The predicted octanol–water partition coefficient (Wildman–Crippen LogP) is 2.04. The average Bonchev–Trinajstić information content (AvgIpc) is 2.11. The Bertz CT molecular complexity index is 194. The van der Waals surface area contributed by atoms with Crippen LogP contribution in [0.5, 0.6) is 0 Å². The van der Waals surface area contributed by atoms with Crippen molar-refractivity contribution in [2.24, 2.45) is 10.2 Å². The predicted molar refractivity (Wildman–Crippen MR) is 54.4 cm³/mol. The van der Waals surface area contributed by atoms with E-state index >= 15 is 0 Å². The molecule has 0 aliphatic carbocycles. The van der Waals surface area contributed by atoms with Crippen LogP contribution in [0.1, 0.15) is 13.8 Å². The molecule has 0 heterocycles. The number of nitrogens with zero attached hydrogens (tertiary/aromatic N) is 3. The van der Waals surface area contributed by atoms with Crippen LogP contribution in [0.4, 0.5) is 0 Å². The Morgan fingerprint density at radius 3 is 2.42 bits per heavy atom. The smallest absolute Gasteiger partial charge is 0.0865 e. The maximum absolute atomic E-state index is 4.02. The van der Waals surface area contributed by atoms with E-state index in [2.05, 4.69) is 23.4 Å². The second kappa shape index (κ2) is 6.34. The summed E-state index contributed by atoms with van der Waals surface area (Å²) in [5.41, 5.74) is 0. The van der Waals surface area contributed by atoms with E-state index in [1.54, 1.807) is 29.7 Å². The Hall–Kier alpha value is -1.38. The number of allylic oxidation sites excluding steroid dienone is 1. The molecule has 0 aliphatic rings. The molecule has 0 saturated heterocycles. The molecular weight excluding hydrogens is 150 g/mol. The van der Waals surface area contributed by atoms with Crippen LogP contribution in [0.2, 0.25) is 0 Å². The first-order valence-electron chi connectivity index (χ1n) is 3.81. The van der Waals surface area contributed by atoms with Crippen molar-refractivity contribution in [3.63, 3.8) is 0 Å². The van der Waals surface area contributed by atoms with Gasteiger partial charge in [-0.25, -0.2) is 0 Å². The molecule has 0 aromatic carbocycles. The third kappa shape index (κ3) is 3.71. The highest BCUT2D eigenvalue weighted by atomic mass is 15.7. The summed E-state index contributed by atoms with van der Waals surface area (Å²) in [4.78, 5) is 0. The monoisotopic (exact) mass is 165 g/mol. The zero-order chi connectivity index (χ0) is 9.40. The lowest BCUT2D eigenvalue weighted by atomic mass is 10.3. The Morgan fingerprint density at radius 1 is 1.33 bits per heavy atom. The van der Waals surface area contributed by atoms with E-state index < -0.39 is 0 Å². The highest BCUT2D eigenvalue weighted by Gasteiger charge is 2.02. The second-order valence-corrected chi connectivity index (χ2v) is 2.17. The highest BCUT2D eigenvalue weighted by molar-refractivity contribution is 5.69. The third-order valence-corrected chi connectivity index (χ3v) is 1.23. The van der Waals surface area contributed by atoms with Crippen molar-refractivity contribution in [3.8, 4) is 0 Å². The molecule has 0 radical (unpaired) electrons. The molecule has 1 atom stereocenters. The molecule has 0 bridgehead atoms. The Kier molecular flexibility index (Phi) is 5.61. The van der Waals surface area contributed by atoms with Gasteiger partial charge in [0.2, 0.25) is 0 Å². The van der Waals surface area contributed by atoms with Gasteiger partial charge in [0.1, 0.15) is 0 Å². The van der Waals surface area contributed by atoms with Gasteiger partial charge in [-0.2, -0.15) is 15.3 Å². The van der Waals surface area contributed by atoms with Crippen LogP contribution in [0.25, 0.3) is 0 Å². The quantitative estimate of drug-likeness (QED) is 0.348. The average molecular weight is 165 g/mol. The Balaban J connectivity index is 4.30. The van der Waals surface area contributed by atoms with Crippen molar-refractivity contribution >= 4 is 12.4 Å². The van der Waals surface area contributed by atoms with Gasteiger partial charge in [-0.05, 0) is 19.9 Å². The van der Waals surface area contributed by atoms with Crippen LogP contribution >= 0.6 is 0 Å². The zero-order valence-corrected chi connectivity index (χ0v) is 7.64. The highest BCUT2D eigenvalue weighted by Crippen LogP contribution is 2.00. The molecule has 3 heteroatoms. The van der Waals surface area contributed by atoms with Gasteiger partial charge in [0.15, 0.2) is 0 Å². The molecule has 1 unspecified atom stereocenters. The number of hydrazone groups is 2. The van der Waals surface area contributed by atoms with Gasteiger partial charge in [0.05, 0.1) is 6.04 Å². The van der Waals surface area contributed by atoms with Crippen LogP contribution < -0.4 is 0 Å². The molecule has 0 aromatic heterocycles. The molecule has 66 valence electrons. The normalized spacial score (nSPS) is 13.5. The summed E-state index contributed by atoms with van der Waals surface area (Å²) < 4.78 is 0. The number of hydrogen-bond donors (Lipinski definition) is 0. The first kappa shape index (κ1) is 10.6. The van der Waals surface area contributed by atoms with Gasteiger partial charge in [0, 0.05) is 12.4 Å². The van der Waals surface area contributed by atoms with Crippen molar-refractivity contribution in [2.75, 3.05) is 0 Å². The SMILES string of the molecule is C=C/C=N\N(/N=C\C)C(C)C=C. The van der Waals surface area contributed by atoms with E-state index in [1.165, 1.54) is 0 Å². The van der Waals surface area contributed by atoms with Crippen LogP contribution in [0, 0.1) is 0 Å². The van der Waals surface area contributed by atoms with Crippen molar-refractivity contribution in [3.05, 3.63) is 25.3 Å². The van der Waals surface area contributed by atoms with Gasteiger partial charge < -0.3 is 0 Å². The lowest BCUT2D eigenvalue weighted by Gasteiger charge is -2.16. The maximum atomic E-state index is 4.02. The molecule has 0 fully saturated rings. The molecule has 0 spiro atoms. The minimum Gasteiger partial charge on any atom is -0.179 e. The molecule has 0 amide bonds. The van der Waals surface area contributed by atoms with Gasteiger partial charge in [-0.1, -0.05) is 12.7 Å². The summed E-state index contributed by atoms with van der Waals surface area (Å²) in [7, 11) is 0. The molecule has 0 N–H and O–H groups in total. The van der Waals surface area contributed by atoms with E-state index in [4.69, 9.17) is 0 Å². The fraction of sp³-hybridized carbons (Fsp3) is 0.333. The molecular formula is C9H15N3. The van der Waals surface area contributed by atoms with E-state index in [1.807, 2.05) is 13.8 Å². The van der Waals surface area contributed by atoms with Crippen LogP contribution in [-0.4, -0.2) is 23.6 Å². The molecule has 0 aromatic rings. The fourth-order valence-corrected chi connectivity index (χ4v) is 0.568. The van der Waals surface area contributed by atoms with Gasteiger partial charge in [-0.15, -0.1) is 6.58 Å². The minimum absolute atomic E-state index is 0.0948. The van der Waals surface area contributed by atoms with Crippen LogP contribution in [-0.2, 0) is 0 Å². The molecule has 3 nitrogen and oxygen atoms in total. The lowest BCUT2D eigenvalue weighted by Crippen LogP contribution is -2.20. The van der Waals surface area contributed by atoms with Crippen LogP contribution in [0.15, 0.2) is 35.5 Å². The Labute approximate surface area is 73.8 Å². The summed E-state index contributed by atoms with van der Waals surface area (Å²) in [6.45, 7) is 11.0. The first-order chi connectivity index (χ1) is 5.76. The first-order valence-corrected chi connectivity index (χ1v) is 3.81.